The summed E-state index contributed by atoms with van der Waals surface area (Å²) in [6.45, 7) is 2.03. The molecule has 0 saturated carbocycles. The van der Waals surface area contributed by atoms with Gasteiger partial charge >= 0.3 is 0 Å². The van der Waals surface area contributed by atoms with Gasteiger partial charge in [-0.2, -0.15) is 5.10 Å². The Kier molecular flexibility index (Phi) is 5.84. The molecule has 0 bridgehead atoms. The standard InChI is InChI=1S/C21H22N4O3/c1-14(20(27)22-13-15-8-4-3-5-9-15)23-19(26)12-18-16-10-6-7-11-17(16)21(28)25(2)24-18/h3-11,14H,12-13H2,1-2H3,(H,22,27)(H,23,26). The molecule has 0 aliphatic rings. The third kappa shape index (κ3) is 4.43. The van der Waals surface area contributed by atoms with Gasteiger partial charge < -0.3 is 10.6 Å². The van der Waals surface area contributed by atoms with Gasteiger partial charge in [-0.3, -0.25) is 14.4 Å². The maximum Gasteiger partial charge on any atom is 0.274 e. The Morgan fingerprint density at radius 1 is 1.04 bits per heavy atom. The molecule has 1 aromatic heterocycles. The third-order valence-corrected chi connectivity index (χ3v) is 4.44. The van der Waals surface area contributed by atoms with Crippen LogP contribution in [0.3, 0.4) is 0 Å². The quantitative estimate of drug-likeness (QED) is 0.676. The van der Waals surface area contributed by atoms with Crippen molar-refractivity contribution in [2.24, 2.45) is 7.05 Å². The van der Waals surface area contributed by atoms with Gasteiger partial charge in [0.25, 0.3) is 5.56 Å². The van der Waals surface area contributed by atoms with Crippen molar-refractivity contribution in [3.8, 4) is 0 Å². The van der Waals surface area contributed by atoms with Gasteiger partial charge in [-0.1, -0.05) is 48.5 Å². The summed E-state index contributed by atoms with van der Waals surface area (Å²) in [6.07, 6.45) is -0.0229. The fourth-order valence-corrected chi connectivity index (χ4v) is 2.95. The zero-order chi connectivity index (χ0) is 20.1. The number of amides is 2. The van der Waals surface area contributed by atoms with Gasteiger partial charge in [0.2, 0.25) is 11.8 Å². The van der Waals surface area contributed by atoms with Crippen LogP contribution in [0.4, 0.5) is 0 Å². The fourth-order valence-electron chi connectivity index (χ4n) is 2.95. The lowest BCUT2D eigenvalue weighted by atomic mass is 10.1. The molecular weight excluding hydrogens is 356 g/mol. The first-order chi connectivity index (χ1) is 13.5. The molecule has 1 heterocycles. The van der Waals surface area contributed by atoms with Crippen LogP contribution < -0.4 is 16.2 Å². The Labute approximate surface area is 162 Å². The van der Waals surface area contributed by atoms with E-state index in [4.69, 9.17) is 0 Å². The van der Waals surface area contributed by atoms with Crippen LogP contribution in [0.1, 0.15) is 18.2 Å². The lowest BCUT2D eigenvalue weighted by molar-refractivity contribution is -0.128. The highest BCUT2D eigenvalue weighted by Crippen LogP contribution is 2.13. The van der Waals surface area contributed by atoms with E-state index in [-0.39, 0.29) is 23.8 Å². The van der Waals surface area contributed by atoms with E-state index in [0.29, 0.717) is 23.0 Å². The van der Waals surface area contributed by atoms with Gasteiger partial charge in [0, 0.05) is 19.0 Å². The van der Waals surface area contributed by atoms with Gasteiger partial charge in [0.05, 0.1) is 17.5 Å². The number of carbonyl (C=O) groups is 2. The molecule has 2 amide bonds. The second-order valence-electron chi connectivity index (χ2n) is 6.59. The summed E-state index contributed by atoms with van der Waals surface area (Å²) >= 11 is 0. The molecule has 3 rings (SSSR count). The predicted octanol–water partition coefficient (Wildman–Crippen LogP) is 1.30. The molecule has 144 valence electrons. The zero-order valence-corrected chi connectivity index (χ0v) is 15.8. The molecule has 7 nitrogen and oxygen atoms in total. The highest BCUT2D eigenvalue weighted by Gasteiger charge is 2.17. The second kappa shape index (κ2) is 8.47. The lowest BCUT2D eigenvalue weighted by Crippen LogP contribution is -2.45. The summed E-state index contributed by atoms with van der Waals surface area (Å²) in [6, 6.07) is 15.9. The van der Waals surface area contributed by atoms with E-state index in [0.717, 1.165) is 5.56 Å². The van der Waals surface area contributed by atoms with E-state index in [1.54, 1.807) is 38.2 Å². The molecule has 0 fully saturated rings. The van der Waals surface area contributed by atoms with E-state index in [2.05, 4.69) is 15.7 Å². The topological polar surface area (TPSA) is 93.1 Å². The van der Waals surface area contributed by atoms with Crippen molar-refractivity contribution in [3.63, 3.8) is 0 Å². The maximum atomic E-state index is 12.4. The third-order valence-electron chi connectivity index (χ3n) is 4.44. The van der Waals surface area contributed by atoms with E-state index >= 15 is 0 Å². The van der Waals surface area contributed by atoms with E-state index in [9.17, 15) is 14.4 Å². The molecule has 2 aromatic carbocycles. The number of carbonyl (C=O) groups excluding carboxylic acids is 2. The van der Waals surface area contributed by atoms with Crippen LogP contribution in [-0.2, 0) is 29.6 Å². The number of rotatable bonds is 6. The minimum absolute atomic E-state index is 0.0229. The summed E-state index contributed by atoms with van der Waals surface area (Å²) in [5.74, 6) is -0.603. The molecule has 0 saturated heterocycles. The molecule has 1 atom stereocenters. The maximum absolute atomic E-state index is 12.4. The van der Waals surface area contributed by atoms with Crippen molar-refractivity contribution in [2.75, 3.05) is 0 Å². The highest BCUT2D eigenvalue weighted by atomic mass is 16.2. The molecule has 0 aliphatic heterocycles. The van der Waals surface area contributed by atoms with Crippen LogP contribution in [0.25, 0.3) is 10.8 Å². The van der Waals surface area contributed by atoms with Crippen LogP contribution >= 0.6 is 0 Å². The second-order valence-corrected chi connectivity index (χ2v) is 6.59. The van der Waals surface area contributed by atoms with Crippen LogP contribution in [0.15, 0.2) is 59.4 Å². The molecule has 28 heavy (non-hydrogen) atoms. The fraction of sp³-hybridized carbons (Fsp3) is 0.238. The first-order valence-corrected chi connectivity index (χ1v) is 9.01. The van der Waals surface area contributed by atoms with Gasteiger partial charge in [0.1, 0.15) is 6.04 Å². The molecular formula is C21H22N4O3. The van der Waals surface area contributed by atoms with Crippen molar-refractivity contribution >= 4 is 22.6 Å². The average Bonchev–Trinajstić information content (AvgIpc) is 2.70. The lowest BCUT2D eigenvalue weighted by Gasteiger charge is -2.15. The van der Waals surface area contributed by atoms with Crippen molar-refractivity contribution in [2.45, 2.75) is 25.9 Å². The molecule has 2 N–H and O–H groups in total. The van der Waals surface area contributed by atoms with E-state index < -0.39 is 6.04 Å². The van der Waals surface area contributed by atoms with E-state index in [1.807, 2.05) is 30.3 Å². The molecule has 1 unspecified atom stereocenters. The first-order valence-electron chi connectivity index (χ1n) is 9.01. The van der Waals surface area contributed by atoms with Gasteiger partial charge in [-0.25, -0.2) is 4.68 Å². The Balaban J connectivity index is 1.64. The number of aromatic nitrogens is 2. The number of nitrogens with zero attached hydrogens (tertiary/aromatic N) is 2. The normalized spacial score (nSPS) is 11.8. The number of hydrogen-bond acceptors (Lipinski definition) is 4. The van der Waals surface area contributed by atoms with Crippen molar-refractivity contribution in [3.05, 3.63) is 76.2 Å². The number of benzene rings is 2. The number of nitrogens with one attached hydrogen (secondary N) is 2. The summed E-state index contributed by atoms with van der Waals surface area (Å²) < 4.78 is 1.22. The smallest absolute Gasteiger partial charge is 0.274 e. The van der Waals surface area contributed by atoms with Gasteiger partial charge in [-0.05, 0) is 18.6 Å². The van der Waals surface area contributed by atoms with Crippen molar-refractivity contribution < 1.29 is 9.59 Å². The number of fused-ring (bicyclic) bond motifs is 1. The highest BCUT2D eigenvalue weighted by molar-refractivity contribution is 5.91. The summed E-state index contributed by atoms with van der Waals surface area (Å²) in [7, 11) is 1.55. The van der Waals surface area contributed by atoms with Crippen LogP contribution in [0.2, 0.25) is 0 Å². The molecule has 7 heteroatoms. The minimum atomic E-state index is -0.685. The minimum Gasteiger partial charge on any atom is -0.350 e. The monoisotopic (exact) mass is 378 g/mol. The molecule has 0 spiro atoms. The molecule has 0 radical (unpaired) electrons. The molecule has 0 aliphatic carbocycles. The van der Waals surface area contributed by atoms with Gasteiger partial charge in [0.15, 0.2) is 0 Å². The summed E-state index contributed by atoms with van der Waals surface area (Å²) in [5, 5.41) is 10.8. The molecule has 3 aromatic rings. The first kappa shape index (κ1) is 19.3. The largest absolute Gasteiger partial charge is 0.350 e. The SMILES string of the molecule is CC(NC(=O)Cc1nn(C)c(=O)c2ccccc12)C(=O)NCc1ccccc1. The summed E-state index contributed by atoms with van der Waals surface area (Å²) in [5.41, 5.74) is 1.26. The Bertz CT molecular complexity index is 1060. The van der Waals surface area contributed by atoms with E-state index in [1.165, 1.54) is 4.68 Å². The number of aryl methyl sites for hydroxylation is 1. The van der Waals surface area contributed by atoms with Crippen molar-refractivity contribution in [1.82, 2.24) is 20.4 Å². The number of hydrogen-bond donors (Lipinski definition) is 2. The van der Waals surface area contributed by atoms with Crippen LogP contribution in [0.5, 0.6) is 0 Å². The zero-order valence-electron chi connectivity index (χ0n) is 15.8. The van der Waals surface area contributed by atoms with Crippen LogP contribution in [-0.4, -0.2) is 27.6 Å². The predicted molar refractivity (Wildman–Crippen MR) is 107 cm³/mol. The Morgan fingerprint density at radius 3 is 2.39 bits per heavy atom. The van der Waals surface area contributed by atoms with Crippen LogP contribution in [0, 0.1) is 0 Å². The average molecular weight is 378 g/mol. The Morgan fingerprint density at radius 2 is 1.68 bits per heavy atom. The van der Waals surface area contributed by atoms with Gasteiger partial charge in [-0.15, -0.1) is 0 Å². The van der Waals surface area contributed by atoms with Crippen molar-refractivity contribution in [1.29, 1.82) is 0 Å². The Hall–Kier alpha value is -3.48. The summed E-state index contributed by atoms with van der Waals surface area (Å²) in [4.78, 5) is 36.8.